The number of oxazole rings is 1. The van der Waals surface area contributed by atoms with Crippen LogP contribution in [-0.4, -0.2) is 28.0 Å². The van der Waals surface area contributed by atoms with E-state index in [4.69, 9.17) is 21.1 Å². The number of carboxylic acid groups (broad SMARTS) is 1. The van der Waals surface area contributed by atoms with Gasteiger partial charge in [0.1, 0.15) is 6.04 Å². The molecule has 0 spiro atoms. The summed E-state index contributed by atoms with van der Waals surface area (Å²) >= 11 is 6.10. The average Bonchev–Trinajstić information content (AvgIpc) is 2.99. The average molecular weight is 351 g/mol. The van der Waals surface area contributed by atoms with Gasteiger partial charge in [0.25, 0.3) is 0 Å². The Balaban J connectivity index is 1.95. The smallest absolute Gasteiger partial charge is 0.326 e. The van der Waals surface area contributed by atoms with Gasteiger partial charge in [-0.1, -0.05) is 37.6 Å². The lowest BCUT2D eigenvalue weighted by molar-refractivity contribution is -0.143. The Labute approximate surface area is 144 Å². The Morgan fingerprint density at radius 2 is 2.04 bits per heavy atom. The molecular weight excluding hydrogens is 332 g/mol. The minimum absolute atomic E-state index is 0.0962. The molecule has 1 amide bonds. The summed E-state index contributed by atoms with van der Waals surface area (Å²) in [4.78, 5) is 27.1. The SMILES string of the molecule is CC(C)C(NC(=O)CCc1ncc(-c2ccccc2Cl)o1)C(=O)O. The Morgan fingerprint density at radius 1 is 1.33 bits per heavy atom. The van der Waals surface area contributed by atoms with Gasteiger partial charge in [-0.15, -0.1) is 0 Å². The van der Waals surface area contributed by atoms with Gasteiger partial charge < -0.3 is 14.8 Å². The van der Waals surface area contributed by atoms with Gasteiger partial charge in [-0.25, -0.2) is 9.78 Å². The fourth-order valence-electron chi connectivity index (χ4n) is 2.19. The van der Waals surface area contributed by atoms with E-state index in [1.54, 1.807) is 26.1 Å². The summed E-state index contributed by atoms with van der Waals surface area (Å²) in [6, 6.07) is 6.33. The highest BCUT2D eigenvalue weighted by molar-refractivity contribution is 6.33. The molecule has 0 aliphatic heterocycles. The van der Waals surface area contributed by atoms with Crippen LogP contribution in [0.4, 0.5) is 0 Å². The van der Waals surface area contributed by atoms with Gasteiger partial charge in [-0.2, -0.15) is 0 Å². The van der Waals surface area contributed by atoms with Crippen molar-refractivity contribution in [3.8, 4) is 11.3 Å². The van der Waals surface area contributed by atoms with Crippen LogP contribution >= 0.6 is 11.6 Å². The van der Waals surface area contributed by atoms with E-state index < -0.39 is 12.0 Å². The number of amides is 1. The lowest BCUT2D eigenvalue weighted by Crippen LogP contribution is -2.44. The number of hydrogen-bond acceptors (Lipinski definition) is 4. The number of aryl methyl sites for hydroxylation is 1. The number of halogens is 1. The highest BCUT2D eigenvalue weighted by Gasteiger charge is 2.23. The van der Waals surface area contributed by atoms with Crippen LogP contribution < -0.4 is 5.32 Å². The fraction of sp³-hybridized carbons (Fsp3) is 0.353. The predicted molar refractivity (Wildman–Crippen MR) is 89.7 cm³/mol. The molecular formula is C17H19ClN2O4. The summed E-state index contributed by atoms with van der Waals surface area (Å²) < 4.78 is 5.61. The van der Waals surface area contributed by atoms with Crippen molar-refractivity contribution in [2.24, 2.45) is 5.92 Å². The molecule has 7 heteroatoms. The van der Waals surface area contributed by atoms with E-state index in [-0.39, 0.29) is 24.7 Å². The number of aromatic nitrogens is 1. The first-order valence-corrected chi connectivity index (χ1v) is 7.98. The van der Waals surface area contributed by atoms with Crippen LogP contribution in [0.2, 0.25) is 5.02 Å². The van der Waals surface area contributed by atoms with E-state index in [0.717, 1.165) is 5.56 Å². The van der Waals surface area contributed by atoms with Crippen LogP contribution in [0.15, 0.2) is 34.9 Å². The third kappa shape index (κ3) is 4.58. The third-order valence-electron chi connectivity index (χ3n) is 3.51. The standard InChI is InChI=1S/C17H19ClN2O4/c1-10(2)16(17(22)23)20-14(21)7-8-15-19-9-13(24-15)11-5-3-4-6-12(11)18/h3-6,9-10,16H,7-8H2,1-2H3,(H,20,21)(H,22,23). The number of nitrogens with one attached hydrogen (secondary N) is 1. The molecule has 0 saturated heterocycles. The maximum atomic E-state index is 11.9. The second-order valence-corrected chi connectivity index (χ2v) is 6.13. The highest BCUT2D eigenvalue weighted by atomic mass is 35.5. The number of aliphatic carboxylic acids is 1. The Hall–Kier alpha value is -2.34. The van der Waals surface area contributed by atoms with Gasteiger partial charge in [0.15, 0.2) is 11.7 Å². The van der Waals surface area contributed by atoms with Gasteiger partial charge in [0, 0.05) is 18.4 Å². The van der Waals surface area contributed by atoms with Crippen LogP contribution in [0.3, 0.4) is 0 Å². The molecule has 2 rings (SSSR count). The number of carbonyl (C=O) groups is 2. The van der Waals surface area contributed by atoms with Crippen molar-refractivity contribution in [1.29, 1.82) is 0 Å². The highest BCUT2D eigenvalue weighted by Crippen LogP contribution is 2.28. The van der Waals surface area contributed by atoms with E-state index in [0.29, 0.717) is 16.7 Å². The second-order valence-electron chi connectivity index (χ2n) is 5.73. The van der Waals surface area contributed by atoms with Gasteiger partial charge in [-0.05, 0) is 18.1 Å². The molecule has 1 aromatic carbocycles. The van der Waals surface area contributed by atoms with E-state index >= 15 is 0 Å². The number of rotatable bonds is 7. The van der Waals surface area contributed by atoms with E-state index in [1.807, 2.05) is 18.2 Å². The van der Waals surface area contributed by atoms with E-state index in [1.165, 1.54) is 0 Å². The largest absolute Gasteiger partial charge is 0.480 e. The monoisotopic (exact) mass is 350 g/mol. The first-order valence-electron chi connectivity index (χ1n) is 7.60. The molecule has 2 aromatic rings. The zero-order chi connectivity index (χ0) is 17.7. The zero-order valence-electron chi connectivity index (χ0n) is 13.5. The zero-order valence-corrected chi connectivity index (χ0v) is 14.2. The molecule has 24 heavy (non-hydrogen) atoms. The molecule has 1 heterocycles. The second kappa shape index (κ2) is 7.97. The summed E-state index contributed by atoms with van der Waals surface area (Å²) in [7, 11) is 0. The van der Waals surface area contributed by atoms with Crippen molar-refractivity contribution < 1.29 is 19.1 Å². The number of nitrogens with zero attached hydrogens (tertiary/aromatic N) is 1. The normalized spacial score (nSPS) is 12.2. The van der Waals surface area contributed by atoms with Crippen LogP contribution in [0.1, 0.15) is 26.2 Å². The Morgan fingerprint density at radius 3 is 2.67 bits per heavy atom. The molecule has 1 unspecified atom stereocenters. The number of hydrogen-bond donors (Lipinski definition) is 2. The molecule has 0 aliphatic rings. The number of carboxylic acids is 1. The predicted octanol–water partition coefficient (Wildman–Crippen LogP) is 3.15. The molecule has 1 atom stereocenters. The summed E-state index contributed by atoms with van der Waals surface area (Å²) in [6.07, 6.45) is 1.93. The quantitative estimate of drug-likeness (QED) is 0.800. The fourth-order valence-corrected chi connectivity index (χ4v) is 2.42. The lowest BCUT2D eigenvalue weighted by atomic mass is 10.0. The summed E-state index contributed by atoms with van der Waals surface area (Å²) in [5.41, 5.74) is 0.730. The maximum absolute atomic E-state index is 11.9. The molecule has 0 fully saturated rings. The van der Waals surface area contributed by atoms with Crippen molar-refractivity contribution in [3.63, 3.8) is 0 Å². The lowest BCUT2D eigenvalue weighted by Gasteiger charge is -2.17. The van der Waals surface area contributed by atoms with Crippen molar-refractivity contribution in [1.82, 2.24) is 10.3 Å². The van der Waals surface area contributed by atoms with Crippen molar-refractivity contribution >= 4 is 23.5 Å². The van der Waals surface area contributed by atoms with Gasteiger partial charge in [-0.3, -0.25) is 4.79 Å². The Bertz CT molecular complexity index is 727. The number of benzene rings is 1. The molecule has 0 saturated carbocycles. The van der Waals surface area contributed by atoms with Crippen LogP contribution in [0.25, 0.3) is 11.3 Å². The van der Waals surface area contributed by atoms with Crippen molar-refractivity contribution in [3.05, 3.63) is 41.4 Å². The third-order valence-corrected chi connectivity index (χ3v) is 3.84. The summed E-state index contributed by atoms with van der Waals surface area (Å²) in [6.45, 7) is 3.48. The molecule has 1 aromatic heterocycles. The summed E-state index contributed by atoms with van der Waals surface area (Å²) in [5, 5.41) is 12.1. The van der Waals surface area contributed by atoms with Crippen LogP contribution in [-0.2, 0) is 16.0 Å². The number of carbonyl (C=O) groups excluding carboxylic acids is 1. The van der Waals surface area contributed by atoms with Gasteiger partial charge in [0.05, 0.1) is 11.2 Å². The molecule has 2 N–H and O–H groups in total. The first-order chi connectivity index (χ1) is 11.4. The van der Waals surface area contributed by atoms with Crippen LogP contribution in [0, 0.1) is 5.92 Å². The van der Waals surface area contributed by atoms with Crippen molar-refractivity contribution in [2.75, 3.05) is 0 Å². The summed E-state index contributed by atoms with van der Waals surface area (Å²) in [5.74, 6) is -0.665. The van der Waals surface area contributed by atoms with E-state index in [2.05, 4.69) is 10.3 Å². The van der Waals surface area contributed by atoms with Gasteiger partial charge in [0.2, 0.25) is 5.91 Å². The topological polar surface area (TPSA) is 92.4 Å². The maximum Gasteiger partial charge on any atom is 0.326 e. The van der Waals surface area contributed by atoms with Crippen LogP contribution in [0.5, 0.6) is 0 Å². The molecule has 6 nitrogen and oxygen atoms in total. The minimum atomic E-state index is -1.05. The van der Waals surface area contributed by atoms with Gasteiger partial charge >= 0.3 is 5.97 Å². The molecule has 128 valence electrons. The molecule has 0 radical (unpaired) electrons. The first kappa shape index (κ1) is 18.0. The minimum Gasteiger partial charge on any atom is -0.480 e. The molecule has 0 aliphatic carbocycles. The molecule has 0 bridgehead atoms. The van der Waals surface area contributed by atoms with E-state index in [9.17, 15) is 9.59 Å². The Kier molecular flexibility index (Phi) is 5.98. The van der Waals surface area contributed by atoms with Crippen molar-refractivity contribution in [2.45, 2.75) is 32.7 Å².